The number of rotatable bonds is 4. The van der Waals surface area contributed by atoms with Gasteiger partial charge in [-0.15, -0.1) is 0 Å². The molecule has 0 unspecified atom stereocenters. The number of aromatic amines is 1. The zero-order valence-electron chi connectivity index (χ0n) is 12.6. The van der Waals surface area contributed by atoms with Crippen molar-refractivity contribution in [1.82, 2.24) is 20.0 Å². The minimum Gasteiger partial charge on any atom is -0.364 e. The molecule has 9 heteroatoms. The van der Waals surface area contributed by atoms with Gasteiger partial charge in [-0.1, -0.05) is 23.7 Å². The molecule has 0 aliphatic heterocycles. The standard InChI is InChI=1S/C15H13ClN6O2/c1-8-12(13(14(17)23)20-19-8)18-15(24)10-6-7-22(21-10)11-5-3-2-4-9(11)16/h2-7H,1H3,(H2,17,23)(H,18,24)(H,19,20). The lowest BCUT2D eigenvalue weighted by atomic mass is 10.2. The SMILES string of the molecule is Cc1[nH]nc(C(N)=O)c1NC(=O)c1ccn(-c2ccccc2Cl)n1. The van der Waals surface area contributed by atoms with E-state index in [9.17, 15) is 9.59 Å². The molecule has 0 atom stereocenters. The largest absolute Gasteiger partial charge is 0.364 e. The first-order chi connectivity index (χ1) is 11.5. The summed E-state index contributed by atoms with van der Waals surface area (Å²) in [6.07, 6.45) is 1.62. The van der Waals surface area contributed by atoms with Gasteiger partial charge in [0, 0.05) is 6.20 Å². The molecule has 0 fully saturated rings. The minimum absolute atomic E-state index is 0.0358. The zero-order chi connectivity index (χ0) is 17.3. The number of carbonyl (C=O) groups is 2. The van der Waals surface area contributed by atoms with Crippen molar-refractivity contribution in [1.29, 1.82) is 0 Å². The molecule has 2 heterocycles. The molecule has 0 radical (unpaired) electrons. The Morgan fingerprint density at radius 1 is 1.29 bits per heavy atom. The van der Waals surface area contributed by atoms with Crippen molar-refractivity contribution < 1.29 is 9.59 Å². The summed E-state index contributed by atoms with van der Waals surface area (Å²) in [4.78, 5) is 23.7. The van der Waals surface area contributed by atoms with Crippen LogP contribution in [0.1, 0.15) is 26.7 Å². The van der Waals surface area contributed by atoms with Crippen LogP contribution in [-0.4, -0.2) is 31.8 Å². The Labute approximate surface area is 141 Å². The van der Waals surface area contributed by atoms with Crippen LogP contribution in [0, 0.1) is 6.92 Å². The fourth-order valence-corrected chi connectivity index (χ4v) is 2.38. The Kier molecular flexibility index (Phi) is 4.05. The number of benzene rings is 1. The van der Waals surface area contributed by atoms with Gasteiger partial charge in [0.15, 0.2) is 11.4 Å². The Balaban J connectivity index is 1.86. The predicted octanol–water partition coefficient (Wildman–Crippen LogP) is 1.91. The van der Waals surface area contributed by atoms with E-state index in [1.807, 2.05) is 6.07 Å². The van der Waals surface area contributed by atoms with Gasteiger partial charge >= 0.3 is 0 Å². The molecule has 0 bridgehead atoms. The summed E-state index contributed by atoms with van der Waals surface area (Å²) in [7, 11) is 0. The molecule has 0 aliphatic rings. The van der Waals surface area contributed by atoms with E-state index in [0.717, 1.165) is 0 Å². The zero-order valence-corrected chi connectivity index (χ0v) is 13.3. The topological polar surface area (TPSA) is 119 Å². The van der Waals surface area contributed by atoms with Crippen LogP contribution in [-0.2, 0) is 0 Å². The summed E-state index contributed by atoms with van der Waals surface area (Å²) >= 11 is 6.11. The van der Waals surface area contributed by atoms with Crippen LogP contribution in [0.2, 0.25) is 5.02 Å². The number of anilines is 1. The maximum absolute atomic E-state index is 12.4. The van der Waals surface area contributed by atoms with Gasteiger partial charge in [0.2, 0.25) is 0 Å². The number of aryl methyl sites for hydroxylation is 1. The number of hydrogen-bond acceptors (Lipinski definition) is 4. The molecule has 0 spiro atoms. The van der Waals surface area contributed by atoms with Gasteiger partial charge in [0.05, 0.1) is 22.1 Å². The highest BCUT2D eigenvalue weighted by molar-refractivity contribution is 6.32. The number of nitrogens with zero attached hydrogens (tertiary/aromatic N) is 3. The molecule has 24 heavy (non-hydrogen) atoms. The fraction of sp³-hybridized carbons (Fsp3) is 0.0667. The van der Waals surface area contributed by atoms with E-state index in [4.69, 9.17) is 17.3 Å². The number of aromatic nitrogens is 4. The molecular formula is C15H13ClN6O2. The van der Waals surface area contributed by atoms with Crippen molar-refractivity contribution in [3.05, 3.63) is 58.6 Å². The summed E-state index contributed by atoms with van der Waals surface area (Å²) in [5, 5.41) is 13.7. The average Bonchev–Trinajstić information content (AvgIpc) is 3.16. The van der Waals surface area contributed by atoms with Gasteiger partial charge in [0.25, 0.3) is 11.8 Å². The highest BCUT2D eigenvalue weighted by Crippen LogP contribution is 2.20. The number of hydrogen-bond donors (Lipinski definition) is 3. The van der Waals surface area contributed by atoms with Crippen LogP contribution in [0.4, 0.5) is 5.69 Å². The van der Waals surface area contributed by atoms with Crippen LogP contribution in [0.5, 0.6) is 0 Å². The Morgan fingerprint density at radius 3 is 2.75 bits per heavy atom. The van der Waals surface area contributed by atoms with Crippen LogP contribution in [0.15, 0.2) is 36.5 Å². The van der Waals surface area contributed by atoms with Crippen molar-refractivity contribution in [3.8, 4) is 5.69 Å². The first kappa shape index (κ1) is 15.8. The number of nitrogens with one attached hydrogen (secondary N) is 2. The first-order valence-electron chi connectivity index (χ1n) is 6.94. The molecule has 0 aliphatic carbocycles. The van der Waals surface area contributed by atoms with Crippen molar-refractivity contribution >= 4 is 29.1 Å². The van der Waals surface area contributed by atoms with Crippen LogP contribution < -0.4 is 11.1 Å². The monoisotopic (exact) mass is 344 g/mol. The minimum atomic E-state index is -0.740. The van der Waals surface area contributed by atoms with Crippen LogP contribution in [0.25, 0.3) is 5.69 Å². The molecule has 3 aromatic rings. The van der Waals surface area contributed by atoms with E-state index < -0.39 is 11.8 Å². The molecule has 1 aromatic carbocycles. The normalized spacial score (nSPS) is 10.6. The van der Waals surface area contributed by atoms with Gasteiger partial charge in [-0.3, -0.25) is 14.7 Å². The van der Waals surface area contributed by atoms with E-state index in [-0.39, 0.29) is 17.1 Å². The van der Waals surface area contributed by atoms with Gasteiger partial charge < -0.3 is 11.1 Å². The molecule has 2 amide bonds. The van der Waals surface area contributed by atoms with Crippen molar-refractivity contribution in [2.24, 2.45) is 5.73 Å². The highest BCUT2D eigenvalue weighted by atomic mass is 35.5. The maximum atomic E-state index is 12.4. The quantitative estimate of drug-likeness (QED) is 0.669. The number of amides is 2. The number of para-hydroxylation sites is 1. The molecule has 0 saturated heterocycles. The molecule has 4 N–H and O–H groups in total. The predicted molar refractivity (Wildman–Crippen MR) is 88.4 cm³/mol. The van der Waals surface area contributed by atoms with Gasteiger partial charge in [-0.25, -0.2) is 4.68 Å². The van der Waals surface area contributed by atoms with Crippen molar-refractivity contribution in [3.63, 3.8) is 0 Å². The fourth-order valence-electron chi connectivity index (χ4n) is 2.15. The third kappa shape index (κ3) is 2.86. The molecular weight excluding hydrogens is 332 g/mol. The van der Waals surface area contributed by atoms with E-state index in [1.165, 1.54) is 10.7 Å². The lowest BCUT2D eigenvalue weighted by Crippen LogP contribution is -2.18. The second-order valence-electron chi connectivity index (χ2n) is 4.99. The lowest BCUT2D eigenvalue weighted by molar-refractivity contribution is 0.0996. The maximum Gasteiger partial charge on any atom is 0.276 e. The summed E-state index contributed by atoms with van der Waals surface area (Å²) in [5.41, 5.74) is 6.76. The Hall–Kier alpha value is -3.13. The highest BCUT2D eigenvalue weighted by Gasteiger charge is 2.19. The number of nitrogens with two attached hydrogens (primary N) is 1. The van der Waals surface area contributed by atoms with Crippen molar-refractivity contribution in [2.45, 2.75) is 6.92 Å². The van der Waals surface area contributed by atoms with E-state index in [1.54, 1.807) is 31.3 Å². The summed E-state index contributed by atoms with van der Waals surface area (Å²) in [6.45, 7) is 1.66. The first-order valence-corrected chi connectivity index (χ1v) is 7.32. The molecule has 0 saturated carbocycles. The molecule has 3 rings (SSSR count). The second-order valence-corrected chi connectivity index (χ2v) is 5.39. The Morgan fingerprint density at radius 2 is 2.04 bits per heavy atom. The number of H-pyrrole nitrogens is 1. The van der Waals surface area contributed by atoms with Gasteiger partial charge in [-0.2, -0.15) is 10.2 Å². The van der Waals surface area contributed by atoms with Crippen LogP contribution >= 0.6 is 11.6 Å². The molecule has 2 aromatic heterocycles. The number of carbonyl (C=O) groups excluding carboxylic acids is 2. The Bertz CT molecular complexity index is 930. The van der Waals surface area contributed by atoms with Crippen LogP contribution in [0.3, 0.4) is 0 Å². The third-order valence-corrected chi connectivity index (χ3v) is 3.66. The smallest absolute Gasteiger partial charge is 0.276 e. The van der Waals surface area contributed by atoms with E-state index in [2.05, 4.69) is 20.6 Å². The third-order valence-electron chi connectivity index (χ3n) is 3.34. The van der Waals surface area contributed by atoms with Crippen molar-refractivity contribution in [2.75, 3.05) is 5.32 Å². The number of primary amides is 1. The van der Waals surface area contributed by atoms with E-state index in [0.29, 0.717) is 16.4 Å². The summed E-state index contributed by atoms with van der Waals surface area (Å²) < 4.78 is 1.49. The molecule has 122 valence electrons. The lowest BCUT2D eigenvalue weighted by Gasteiger charge is -2.04. The molecule has 8 nitrogen and oxygen atoms in total. The summed E-state index contributed by atoms with van der Waals surface area (Å²) in [5.74, 6) is -1.23. The summed E-state index contributed by atoms with van der Waals surface area (Å²) in [6, 6.07) is 8.67. The average molecular weight is 345 g/mol. The number of halogens is 1. The second kappa shape index (κ2) is 6.17. The van der Waals surface area contributed by atoms with E-state index >= 15 is 0 Å². The van der Waals surface area contributed by atoms with Gasteiger partial charge in [0.1, 0.15) is 0 Å². The van der Waals surface area contributed by atoms with Gasteiger partial charge in [-0.05, 0) is 25.1 Å².